The van der Waals surface area contributed by atoms with Gasteiger partial charge >= 0.3 is 5.97 Å². The summed E-state index contributed by atoms with van der Waals surface area (Å²) in [7, 11) is 0.927. The second kappa shape index (κ2) is 5.99. The van der Waals surface area contributed by atoms with E-state index >= 15 is 0 Å². The van der Waals surface area contributed by atoms with Gasteiger partial charge in [0.25, 0.3) is 0 Å². The topological polar surface area (TPSA) is 26.3 Å². The van der Waals surface area contributed by atoms with Crippen LogP contribution in [0.25, 0.3) is 10.9 Å². The summed E-state index contributed by atoms with van der Waals surface area (Å²) in [6.07, 6.45) is 0. The predicted molar refractivity (Wildman–Crippen MR) is 79.8 cm³/mol. The number of ether oxygens (including phenoxy) is 1. The first-order chi connectivity index (χ1) is 9.13. The zero-order valence-electron chi connectivity index (χ0n) is 11.4. The summed E-state index contributed by atoms with van der Waals surface area (Å²) in [4.78, 5) is 11.9. The highest BCUT2D eigenvalue weighted by atomic mass is 31.0. The van der Waals surface area contributed by atoms with E-state index in [1.807, 2.05) is 38.1 Å². The number of carbonyl (C=O) groups is 1. The Labute approximate surface area is 115 Å². The maximum absolute atomic E-state index is 11.9. The molecule has 0 atom stereocenters. The molecule has 1 aromatic carbocycles. The fourth-order valence-electron chi connectivity index (χ4n) is 1.92. The average Bonchev–Trinajstić information content (AvgIpc) is 2.43. The molecule has 2 nitrogen and oxygen atoms in total. The third-order valence-corrected chi connectivity index (χ3v) is 4.43. The largest absolute Gasteiger partial charge is 0.462 e. The zero-order chi connectivity index (χ0) is 13.8. The Bertz CT molecular complexity index is 591. The molecule has 0 amide bonds. The van der Waals surface area contributed by atoms with Crippen LogP contribution in [-0.4, -0.2) is 12.6 Å². The Morgan fingerprint density at radius 1 is 1.21 bits per heavy atom. The van der Waals surface area contributed by atoms with Gasteiger partial charge in [0.05, 0.1) is 11.9 Å². The Balaban J connectivity index is 2.52. The lowest BCUT2D eigenvalue weighted by molar-refractivity contribution is 0.0532. The zero-order valence-corrected chi connectivity index (χ0v) is 12.3. The first kappa shape index (κ1) is 13.8. The second-order valence-electron chi connectivity index (χ2n) is 4.38. The van der Waals surface area contributed by atoms with E-state index in [9.17, 15) is 4.79 Å². The summed E-state index contributed by atoms with van der Waals surface area (Å²) in [5.74, 6) is -0.218. The van der Waals surface area contributed by atoms with Crippen molar-refractivity contribution < 1.29 is 9.53 Å². The van der Waals surface area contributed by atoms with Crippen molar-refractivity contribution in [2.24, 2.45) is 0 Å². The van der Waals surface area contributed by atoms with E-state index in [1.54, 1.807) is 0 Å². The molecule has 0 N–H and O–H groups in total. The monoisotopic (exact) mass is 272 g/mol. The SMILES string of the molecule is CCOC(=O)c1cc(C)c(C)c(-c2ccccc2)p1. The van der Waals surface area contributed by atoms with Crippen molar-refractivity contribution in [1.82, 2.24) is 0 Å². The number of aryl methyl sites for hydroxylation is 1. The van der Waals surface area contributed by atoms with Gasteiger partial charge in [-0.3, -0.25) is 0 Å². The molecule has 3 heteroatoms. The fraction of sp³-hybridized carbons (Fsp3) is 0.250. The second-order valence-corrected chi connectivity index (χ2v) is 5.54. The van der Waals surface area contributed by atoms with Gasteiger partial charge in [0.2, 0.25) is 0 Å². The van der Waals surface area contributed by atoms with E-state index in [4.69, 9.17) is 4.74 Å². The molecule has 98 valence electrons. The van der Waals surface area contributed by atoms with Gasteiger partial charge in [0.15, 0.2) is 0 Å². The lowest BCUT2D eigenvalue weighted by Gasteiger charge is -2.11. The lowest BCUT2D eigenvalue weighted by atomic mass is 10.1. The molecule has 0 bridgehead atoms. The number of hydrogen-bond donors (Lipinski definition) is 0. The molecule has 0 fully saturated rings. The van der Waals surface area contributed by atoms with Crippen molar-refractivity contribution in [3.05, 3.63) is 52.8 Å². The number of carbonyl (C=O) groups excluding carboxylic acids is 1. The van der Waals surface area contributed by atoms with Crippen LogP contribution in [0.15, 0.2) is 36.4 Å². The third-order valence-electron chi connectivity index (χ3n) is 3.06. The van der Waals surface area contributed by atoms with Gasteiger partial charge < -0.3 is 4.74 Å². The minimum Gasteiger partial charge on any atom is -0.462 e. The summed E-state index contributed by atoms with van der Waals surface area (Å²) in [6.45, 7) is 6.37. The van der Waals surface area contributed by atoms with E-state index in [0.29, 0.717) is 11.9 Å². The van der Waals surface area contributed by atoms with Crippen molar-refractivity contribution >= 4 is 14.2 Å². The van der Waals surface area contributed by atoms with Crippen molar-refractivity contribution in [2.45, 2.75) is 20.8 Å². The molecule has 1 heterocycles. The van der Waals surface area contributed by atoms with Crippen molar-refractivity contribution in [2.75, 3.05) is 6.61 Å². The van der Waals surface area contributed by atoms with Crippen LogP contribution in [0.1, 0.15) is 28.1 Å². The van der Waals surface area contributed by atoms with Gasteiger partial charge in [0, 0.05) is 5.30 Å². The van der Waals surface area contributed by atoms with Gasteiger partial charge in [-0.1, -0.05) is 38.5 Å². The molecule has 2 aromatic rings. The van der Waals surface area contributed by atoms with Gasteiger partial charge in [0.1, 0.15) is 0 Å². The third kappa shape index (κ3) is 3.02. The molecule has 0 aliphatic rings. The van der Waals surface area contributed by atoms with Crippen LogP contribution in [0.3, 0.4) is 0 Å². The molecule has 0 aliphatic carbocycles. The highest BCUT2D eigenvalue weighted by molar-refractivity contribution is 7.36. The maximum Gasteiger partial charge on any atom is 0.342 e. The number of esters is 1. The Morgan fingerprint density at radius 2 is 1.89 bits per heavy atom. The summed E-state index contributed by atoms with van der Waals surface area (Å²) >= 11 is 0. The van der Waals surface area contributed by atoms with Crippen LogP contribution in [0.4, 0.5) is 0 Å². The van der Waals surface area contributed by atoms with Gasteiger partial charge in [-0.15, -0.1) is 0 Å². The highest BCUT2D eigenvalue weighted by Crippen LogP contribution is 2.36. The number of hydrogen-bond acceptors (Lipinski definition) is 2. The summed E-state index contributed by atoms with van der Waals surface area (Å²) in [6, 6.07) is 12.1. The fourth-order valence-corrected chi connectivity index (χ4v) is 3.20. The molecule has 2 rings (SSSR count). The van der Waals surface area contributed by atoms with Crippen LogP contribution in [0, 0.1) is 13.8 Å². The van der Waals surface area contributed by atoms with Crippen molar-refractivity contribution in [1.29, 1.82) is 0 Å². The molecular weight excluding hydrogens is 255 g/mol. The molecule has 0 radical (unpaired) electrons. The summed E-state index contributed by atoms with van der Waals surface area (Å²) in [5, 5.41) is 1.90. The van der Waals surface area contributed by atoms with E-state index in [1.165, 1.54) is 10.9 Å². The molecule has 0 spiro atoms. The Morgan fingerprint density at radius 3 is 2.53 bits per heavy atom. The van der Waals surface area contributed by atoms with Gasteiger partial charge in [-0.05, 0) is 43.5 Å². The molecule has 19 heavy (non-hydrogen) atoms. The van der Waals surface area contributed by atoms with Crippen LogP contribution in [-0.2, 0) is 4.74 Å². The normalized spacial score (nSPS) is 10.7. The van der Waals surface area contributed by atoms with E-state index in [0.717, 1.165) is 19.3 Å². The maximum atomic E-state index is 11.9. The molecule has 0 saturated heterocycles. The minimum absolute atomic E-state index is 0.218. The van der Waals surface area contributed by atoms with E-state index < -0.39 is 0 Å². The average molecular weight is 272 g/mol. The molecule has 0 unspecified atom stereocenters. The first-order valence-corrected chi connectivity index (χ1v) is 7.23. The van der Waals surface area contributed by atoms with Crippen LogP contribution in [0.5, 0.6) is 0 Å². The number of benzene rings is 1. The lowest BCUT2D eigenvalue weighted by Crippen LogP contribution is -2.03. The smallest absolute Gasteiger partial charge is 0.342 e. The molecule has 1 aromatic heterocycles. The Kier molecular flexibility index (Phi) is 4.34. The van der Waals surface area contributed by atoms with Gasteiger partial charge in [-0.25, -0.2) is 4.79 Å². The standard InChI is InChI=1S/C16H17O2P/c1-4-18-16(17)14-10-11(2)12(3)15(19-14)13-8-6-5-7-9-13/h5-10H,4H2,1-3H3. The van der Waals surface area contributed by atoms with Crippen molar-refractivity contribution in [3.8, 4) is 10.9 Å². The minimum atomic E-state index is -0.218. The number of rotatable bonds is 3. The van der Waals surface area contributed by atoms with E-state index in [2.05, 4.69) is 19.1 Å². The molecule has 0 aliphatic heterocycles. The highest BCUT2D eigenvalue weighted by Gasteiger charge is 2.13. The van der Waals surface area contributed by atoms with Crippen LogP contribution >= 0.6 is 8.19 Å². The van der Waals surface area contributed by atoms with Crippen LogP contribution in [0.2, 0.25) is 0 Å². The van der Waals surface area contributed by atoms with E-state index in [-0.39, 0.29) is 5.97 Å². The van der Waals surface area contributed by atoms with Gasteiger partial charge in [-0.2, -0.15) is 0 Å². The Hall–Kier alpha value is -1.66. The summed E-state index contributed by atoms with van der Waals surface area (Å²) < 4.78 is 5.10. The van der Waals surface area contributed by atoms with Crippen molar-refractivity contribution in [3.63, 3.8) is 0 Å². The first-order valence-electron chi connectivity index (χ1n) is 6.34. The molecular formula is C16H17O2P. The summed E-state index contributed by atoms with van der Waals surface area (Å²) in [5.41, 5.74) is 3.53. The predicted octanol–water partition coefficient (Wildman–Crippen LogP) is 4.73. The molecule has 0 saturated carbocycles. The van der Waals surface area contributed by atoms with Crippen LogP contribution < -0.4 is 0 Å². The quantitative estimate of drug-likeness (QED) is 0.755.